The molecule has 1 saturated heterocycles. The fraction of sp³-hybridized carbons (Fsp3) is 0.217. The van der Waals surface area contributed by atoms with Gasteiger partial charge in [0.1, 0.15) is 0 Å². The molecule has 7 rings (SSSR count). The Kier molecular flexibility index (Phi) is 25.5. The summed E-state index contributed by atoms with van der Waals surface area (Å²) in [4.78, 5) is 0. The Morgan fingerprint density at radius 3 is 0.417 bits per heavy atom. The van der Waals surface area contributed by atoms with Gasteiger partial charge in [0.15, 0.2) is 0 Å². The molecule has 0 radical (unpaired) electrons. The topological polar surface area (TPSA) is 18.5 Å². The van der Waals surface area contributed by atoms with Crippen molar-refractivity contribution in [2.24, 2.45) is 0 Å². The van der Waals surface area contributed by atoms with Crippen molar-refractivity contribution in [3.8, 4) is 0 Å². The largest absolute Gasteiger partial charge is 0.377 e. The molecular formula is C46H56O2. The molecule has 252 valence electrons. The van der Waals surface area contributed by atoms with Gasteiger partial charge in [-0.25, -0.2) is 0 Å². The van der Waals surface area contributed by atoms with Gasteiger partial charge in [0, 0.05) is 0 Å². The smallest absolute Gasteiger partial charge is 0.0701 e. The maximum absolute atomic E-state index is 4.94. The Labute approximate surface area is 292 Å². The van der Waals surface area contributed by atoms with Crippen LogP contribution < -0.4 is 0 Å². The molecule has 0 bridgehead atoms. The number of ether oxygens (including phenoxy) is 2. The van der Waals surface area contributed by atoms with Crippen LogP contribution in [0.4, 0.5) is 0 Å². The summed E-state index contributed by atoms with van der Waals surface area (Å²) in [7, 11) is 0. The average molecular weight is 641 g/mol. The third-order valence-electron chi connectivity index (χ3n) is 6.39. The van der Waals surface area contributed by atoms with Crippen LogP contribution in [0.25, 0.3) is 0 Å². The van der Waals surface area contributed by atoms with E-state index in [1.807, 2.05) is 109 Å². The second-order valence-electron chi connectivity index (χ2n) is 11.2. The van der Waals surface area contributed by atoms with E-state index in [0.717, 1.165) is 26.4 Å². The summed E-state index contributed by atoms with van der Waals surface area (Å²) in [6.45, 7) is 15.6. The minimum Gasteiger partial charge on any atom is -0.377 e. The molecule has 2 heteroatoms. The molecule has 2 nitrogen and oxygen atoms in total. The maximum Gasteiger partial charge on any atom is 0.0701 e. The predicted molar refractivity (Wildman–Crippen MR) is 209 cm³/mol. The minimum absolute atomic E-state index is 0.778. The molecule has 0 N–H and O–H groups in total. The van der Waals surface area contributed by atoms with Crippen molar-refractivity contribution < 1.29 is 9.47 Å². The number of benzene rings is 6. The summed E-state index contributed by atoms with van der Waals surface area (Å²) < 4.78 is 9.89. The zero-order chi connectivity index (χ0) is 34.9. The van der Waals surface area contributed by atoms with Crippen LogP contribution in [0.15, 0.2) is 182 Å². The quantitative estimate of drug-likeness (QED) is 0.164. The average Bonchev–Trinajstić information content (AvgIpc) is 3.13. The summed E-state index contributed by atoms with van der Waals surface area (Å²) in [5, 5.41) is 0. The molecule has 0 atom stereocenters. The van der Waals surface area contributed by atoms with Gasteiger partial charge < -0.3 is 9.47 Å². The molecule has 1 aliphatic heterocycles. The van der Waals surface area contributed by atoms with Crippen LogP contribution >= 0.6 is 0 Å². The van der Waals surface area contributed by atoms with E-state index in [0.29, 0.717) is 0 Å². The molecule has 0 aliphatic carbocycles. The lowest BCUT2D eigenvalue weighted by Gasteiger charge is -2.09. The summed E-state index contributed by atoms with van der Waals surface area (Å²) in [5.74, 6) is 0. The first-order valence-corrected chi connectivity index (χ1v) is 16.6. The Morgan fingerprint density at radius 1 is 0.229 bits per heavy atom. The zero-order valence-corrected chi connectivity index (χ0v) is 30.0. The lowest BCUT2D eigenvalue weighted by atomic mass is 10.2. The molecule has 0 amide bonds. The molecule has 1 heterocycles. The van der Waals surface area contributed by atoms with Gasteiger partial charge in [0.25, 0.3) is 0 Å². The van der Waals surface area contributed by atoms with Crippen LogP contribution in [0, 0.1) is 41.5 Å². The van der Waals surface area contributed by atoms with Crippen LogP contribution in [-0.4, -0.2) is 26.4 Å². The highest BCUT2D eigenvalue weighted by molar-refractivity contribution is 5.14. The second kappa shape index (κ2) is 29.6. The first-order valence-electron chi connectivity index (χ1n) is 16.6. The zero-order valence-electron chi connectivity index (χ0n) is 30.0. The van der Waals surface area contributed by atoms with Crippen LogP contribution in [0.5, 0.6) is 0 Å². The van der Waals surface area contributed by atoms with Gasteiger partial charge in [-0.05, 0) is 41.5 Å². The van der Waals surface area contributed by atoms with Crippen molar-refractivity contribution in [1.29, 1.82) is 0 Å². The monoisotopic (exact) mass is 640 g/mol. The van der Waals surface area contributed by atoms with Crippen LogP contribution in [0.2, 0.25) is 0 Å². The predicted octanol–water partition coefficient (Wildman–Crippen LogP) is 12.0. The van der Waals surface area contributed by atoms with Gasteiger partial charge >= 0.3 is 0 Å². The first kappa shape index (κ1) is 41.3. The number of aryl methyl sites for hydroxylation is 6. The van der Waals surface area contributed by atoms with Crippen LogP contribution in [0.3, 0.4) is 0 Å². The molecule has 6 aromatic carbocycles. The molecule has 0 unspecified atom stereocenters. The Bertz CT molecular complexity index is 1170. The summed E-state index contributed by atoms with van der Waals surface area (Å²) in [6, 6.07) is 61.6. The molecule has 48 heavy (non-hydrogen) atoms. The fourth-order valence-electron chi connectivity index (χ4n) is 3.65. The molecule has 1 aliphatic rings. The first-order chi connectivity index (χ1) is 23.4. The lowest BCUT2D eigenvalue weighted by Crippen LogP contribution is -2.16. The van der Waals surface area contributed by atoms with Crippen molar-refractivity contribution in [3.63, 3.8) is 0 Å². The molecule has 1 fully saturated rings. The van der Waals surface area contributed by atoms with Crippen molar-refractivity contribution in [2.45, 2.75) is 41.5 Å². The van der Waals surface area contributed by atoms with Crippen molar-refractivity contribution >= 4 is 0 Å². The molecule has 0 saturated carbocycles. The van der Waals surface area contributed by atoms with Gasteiger partial charge in [-0.3, -0.25) is 0 Å². The van der Waals surface area contributed by atoms with E-state index >= 15 is 0 Å². The lowest BCUT2D eigenvalue weighted by molar-refractivity contribution is -0.0334. The third-order valence-corrected chi connectivity index (χ3v) is 6.39. The highest BCUT2D eigenvalue weighted by Crippen LogP contribution is 1.95. The van der Waals surface area contributed by atoms with E-state index in [2.05, 4.69) is 114 Å². The van der Waals surface area contributed by atoms with E-state index in [1.165, 1.54) is 33.4 Å². The van der Waals surface area contributed by atoms with E-state index < -0.39 is 0 Å². The number of hydrogen-bond acceptors (Lipinski definition) is 2. The summed E-state index contributed by atoms with van der Waals surface area (Å²) >= 11 is 0. The maximum atomic E-state index is 4.94. The minimum atomic E-state index is 0.778. The van der Waals surface area contributed by atoms with E-state index in [-0.39, 0.29) is 0 Å². The van der Waals surface area contributed by atoms with Gasteiger partial charge in [-0.15, -0.1) is 0 Å². The number of rotatable bonds is 0. The van der Waals surface area contributed by atoms with E-state index in [4.69, 9.17) is 9.47 Å². The Balaban J connectivity index is 0.000000280. The highest BCUT2D eigenvalue weighted by atomic mass is 16.6. The van der Waals surface area contributed by atoms with Crippen molar-refractivity contribution in [3.05, 3.63) is 215 Å². The summed E-state index contributed by atoms with van der Waals surface area (Å²) in [5.41, 5.74) is 7.93. The standard InChI is InChI=1S/6C7H8.C4H8O2/c6*1-7-5-3-2-4-6-7;1-2-6-4-3-5-1/h6*2-6H,1H3;1-4H2. The van der Waals surface area contributed by atoms with Gasteiger partial charge in [0.05, 0.1) is 26.4 Å². The van der Waals surface area contributed by atoms with Crippen molar-refractivity contribution in [2.75, 3.05) is 26.4 Å². The van der Waals surface area contributed by atoms with Crippen LogP contribution in [0.1, 0.15) is 33.4 Å². The van der Waals surface area contributed by atoms with Gasteiger partial charge in [-0.2, -0.15) is 0 Å². The Morgan fingerprint density at radius 2 is 0.354 bits per heavy atom. The SMILES string of the molecule is C1COCCO1.Cc1ccccc1.Cc1ccccc1.Cc1ccccc1.Cc1ccccc1.Cc1ccccc1.Cc1ccccc1. The van der Waals surface area contributed by atoms with Crippen molar-refractivity contribution in [1.82, 2.24) is 0 Å². The Hall–Kier alpha value is -4.76. The molecule has 0 spiro atoms. The van der Waals surface area contributed by atoms with Gasteiger partial charge in [0.2, 0.25) is 0 Å². The van der Waals surface area contributed by atoms with E-state index in [1.54, 1.807) is 0 Å². The van der Waals surface area contributed by atoms with Crippen LogP contribution in [-0.2, 0) is 9.47 Å². The highest BCUT2D eigenvalue weighted by Gasteiger charge is 1.94. The van der Waals surface area contributed by atoms with Gasteiger partial charge in [-0.1, -0.05) is 215 Å². The second-order valence-corrected chi connectivity index (χ2v) is 11.2. The van der Waals surface area contributed by atoms with E-state index in [9.17, 15) is 0 Å². The molecular weight excluding hydrogens is 585 g/mol. The molecule has 0 aromatic heterocycles. The number of hydrogen-bond donors (Lipinski definition) is 0. The summed E-state index contributed by atoms with van der Waals surface area (Å²) in [6.07, 6.45) is 0. The molecule has 6 aromatic rings. The fourth-order valence-corrected chi connectivity index (χ4v) is 3.65. The normalized spacial score (nSPS) is 10.6. The third kappa shape index (κ3) is 27.5.